The number of rotatable bonds is 3. The molecule has 0 saturated heterocycles. The van der Waals surface area contributed by atoms with E-state index in [0.717, 1.165) is 23.7 Å². The fourth-order valence-electron chi connectivity index (χ4n) is 2.50. The molecular weight excluding hydrogens is 332 g/mol. The molecule has 2 nitrogen and oxygen atoms in total. The van der Waals surface area contributed by atoms with Crippen LogP contribution in [0.5, 0.6) is 0 Å². The summed E-state index contributed by atoms with van der Waals surface area (Å²) < 4.78 is 0. The standard InChI is InChI=1S/C17H17ClN2S2/c18-13-6-7-16-14(10-13)15(8-9-22-16)20-17(21)19-11-12-4-2-1-3-5-12/h1-7,10,15H,8-9,11H2,(H2,19,20,21)/t15-/m0/s1. The molecule has 1 heterocycles. The lowest BCUT2D eigenvalue weighted by molar-refractivity contribution is 0.603. The molecule has 1 aliphatic heterocycles. The van der Waals surface area contributed by atoms with Crippen LogP contribution in [0.2, 0.25) is 5.02 Å². The maximum absolute atomic E-state index is 6.13. The second-order valence-corrected chi connectivity index (χ2v) is 7.17. The lowest BCUT2D eigenvalue weighted by Gasteiger charge is -2.27. The second kappa shape index (κ2) is 7.36. The first kappa shape index (κ1) is 15.7. The minimum absolute atomic E-state index is 0.228. The first-order chi connectivity index (χ1) is 10.7. The average Bonchev–Trinajstić information content (AvgIpc) is 2.54. The Labute approximate surface area is 145 Å². The predicted molar refractivity (Wildman–Crippen MR) is 98.5 cm³/mol. The van der Waals surface area contributed by atoms with Gasteiger partial charge in [-0.2, -0.15) is 0 Å². The van der Waals surface area contributed by atoms with Crippen LogP contribution in [-0.4, -0.2) is 10.9 Å². The van der Waals surface area contributed by atoms with E-state index < -0.39 is 0 Å². The molecule has 0 radical (unpaired) electrons. The number of benzene rings is 2. The molecule has 2 aromatic rings. The Hall–Kier alpha value is -1.23. The lowest BCUT2D eigenvalue weighted by Crippen LogP contribution is -2.38. The average molecular weight is 349 g/mol. The van der Waals surface area contributed by atoms with Gasteiger partial charge in [-0.3, -0.25) is 0 Å². The van der Waals surface area contributed by atoms with Crippen molar-refractivity contribution in [3.05, 3.63) is 64.7 Å². The van der Waals surface area contributed by atoms with Gasteiger partial charge in [-0.1, -0.05) is 41.9 Å². The molecule has 0 amide bonds. The van der Waals surface area contributed by atoms with Crippen molar-refractivity contribution < 1.29 is 0 Å². The zero-order valence-electron chi connectivity index (χ0n) is 12.0. The smallest absolute Gasteiger partial charge is 0.167 e. The molecule has 0 aromatic heterocycles. The Morgan fingerprint density at radius 1 is 1.23 bits per heavy atom. The molecule has 1 atom stereocenters. The van der Waals surface area contributed by atoms with E-state index in [-0.39, 0.29) is 6.04 Å². The Bertz CT molecular complexity index is 661. The number of thiocarbonyl (C=S) groups is 1. The van der Waals surface area contributed by atoms with Gasteiger partial charge in [0, 0.05) is 22.2 Å². The summed E-state index contributed by atoms with van der Waals surface area (Å²) >= 11 is 13.4. The van der Waals surface area contributed by atoms with Gasteiger partial charge >= 0.3 is 0 Å². The van der Waals surface area contributed by atoms with Crippen LogP contribution in [0.25, 0.3) is 0 Å². The second-order valence-electron chi connectivity index (χ2n) is 5.18. The number of halogens is 1. The number of hydrogen-bond acceptors (Lipinski definition) is 2. The summed E-state index contributed by atoms with van der Waals surface area (Å²) in [6, 6.07) is 16.6. The highest BCUT2D eigenvalue weighted by molar-refractivity contribution is 7.99. The Morgan fingerprint density at radius 2 is 2.05 bits per heavy atom. The van der Waals surface area contributed by atoms with Gasteiger partial charge in [0.2, 0.25) is 0 Å². The molecule has 114 valence electrons. The normalized spacial score (nSPS) is 16.7. The third-order valence-electron chi connectivity index (χ3n) is 3.61. The zero-order chi connectivity index (χ0) is 15.4. The third-order valence-corrected chi connectivity index (χ3v) is 5.23. The maximum atomic E-state index is 6.13. The molecule has 0 aliphatic carbocycles. The van der Waals surface area contributed by atoms with Crippen LogP contribution in [0.1, 0.15) is 23.6 Å². The molecule has 0 bridgehead atoms. The fourth-order valence-corrected chi connectivity index (χ4v) is 4.00. The van der Waals surface area contributed by atoms with E-state index in [4.69, 9.17) is 23.8 Å². The van der Waals surface area contributed by atoms with Gasteiger partial charge in [0.15, 0.2) is 5.11 Å². The van der Waals surface area contributed by atoms with Crippen LogP contribution < -0.4 is 10.6 Å². The Balaban J connectivity index is 1.62. The quantitative estimate of drug-likeness (QED) is 0.795. The van der Waals surface area contributed by atoms with Gasteiger partial charge in [-0.05, 0) is 48.0 Å². The molecule has 3 rings (SSSR count). The summed E-state index contributed by atoms with van der Waals surface area (Å²) in [5, 5.41) is 8.15. The summed E-state index contributed by atoms with van der Waals surface area (Å²) in [5.74, 6) is 1.09. The lowest BCUT2D eigenvalue weighted by atomic mass is 10.0. The van der Waals surface area contributed by atoms with E-state index in [1.807, 2.05) is 42.1 Å². The van der Waals surface area contributed by atoms with Gasteiger partial charge < -0.3 is 10.6 Å². The SMILES string of the molecule is S=C(NCc1ccccc1)N[C@H]1CCSc2ccc(Cl)cc21. The molecule has 5 heteroatoms. The molecule has 2 N–H and O–H groups in total. The Morgan fingerprint density at radius 3 is 2.86 bits per heavy atom. The summed E-state index contributed by atoms with van der Waals surface area (Å²) in [5.41, 5.74) is 2.46. The van der Waals surface area contributed by atoms with Gasteiger partial charge in [0.1, 0.15) is 0 Å². The molecule has 0 spiro atoms. The summed E-state index contributed by atoms with van der Waals surface area (Å²) in [6.45, 7) is 0.733. The highest BCUT2D eigenvalue weighted by atomic mass is 35.5. The molecule has 1 aliphatic rings. The summed E-state index contributed by atoms with van der Waals surface area (Å²) in [6.07, 6.45) is 1.05. The van der Waals surface area contributed by atoms with Gasteiger partial charge in [0.25, 0.3) is 0 Å². The van der Waals surface area contributed by atoms with Crippen LogP contribution in [0.3, 0.4) is 0 Å². The van der Waals surface area contributed by atoms with Crippen LogP contribution in [0.4, 0.5) is 0 Å². The first-order valence-corrected chi connectivity index (χ1v) is 9.00. The van der Waals surface area contributed by atoms with Crippen molar-refractivity contribution in [1.29, 1.82) is 0 Å². The predicted octanol–water partition coefficient (Wildman–Crippen LogP) is 4.54. The van der Waals surface area contributed by atoms with Crippen molar-refractivity contribution in [3.63, 3.8) is 0 Å². The third kappa shape index (κ3) is 3.94. The van der Waals surface area contributed by atoms with Gasteiger partial charge in [-0.15, -0.1) is 11.8 Å². The molecule has 22 heavy (non-hydrogen) atoms. The number of thioether (sulfide) groups is 1. The minimum Gasteiger partial charge on any atom is -0.359 e. The van der Waals surface area contributed by atoms with Crippen molar-refractivity contribution >= 4 is 40.7 Å². The van der Waals surface area contributed by atoms with Crippen LogP contribution in [0, 0.1) is 0 Å². The van der Waals surface area contributed by atoms with Crippen molar-refractivity contribution in [2.24, 2.45) is 0 Å². The monoisotopic (exact) mass is 348 g/mol. The van der Waals surface area contributed by atoms with E-state index in [1.165, 1.54) is 16.0 Å². The van der Waals surface area contributed by atoms with Gasteiger partial charge in [0.05, 0.1) is 6.04 Å². The van der Waals surface area contributed by atoms with E-state index >= 15 is 0 Å². The Kier molecular flexibility index (Phi) is 5.24. The zero-order valence-corrected chi connectivity index (χ0v) is 14.4. The van der Waals surface area contributed by atoms with Crippen molar-refractivity contribution in [1.82, 2.24) is 10.6 Å². The molecular formula is C17H17ClN2S2. The van der Waals surface area contributed by atoms with E-state index in [0.29, 0.717) is 5.11 Å². The number of fused-ring (bicyclic) bond motifs is 1. The summed E-state index contributed by atoms with van der Waals surface area (Å²) in [7, 11) is 0. The largest absolute Gasteiger partial charge is 0.359 e. The topological polar surface area (TPSA) is 24.1 Å². The molecule has 0 unspecified atom stereocenters. The maximum Gasteiger partial charge on any atom is 0.167 e. The molecule has 0 fully saturated rings. The van der Waals surface area contributed by atoms with E-state index in [2.05, 4.69) is 28.8 Å². The van der Waals surface area contributed by atoms with E-state index in [9.17, 15) is 0 Å². The van der Waals surface area contributed by atoms with Crippen LogP contribution in [0.15, 0.2) is 53.4 Å². The molecule has 0 saturated carbocycles. The van der Waals surface area contributed by atoms with Crippen LogP contribution in [-0.2, 0) is 6.54 Å². The van der Waals surface area contributed by atoms with Crippen molar-refractivity contribution in [3.8, 4) is 0 Å². The number of nitrogens with one attached hydrogen (secondary N) is 2. The first-order valence-electron chi connectivity index (χ1n) is 7.23. The highest BCUT2D eigenvalue weighted by Crippen LogP contribution is 2.37. The van der Waals surface area contributed by atoms with Crippen molar-refractivity contribution in [2.45, 2.75) is 23.9 Å². The van der Waals surface area contributed by atoms with Crippen LogP contribution >= 0.6 is 35.6 Å². The number of hydrogen-bond donors (Lipinski definition) is 2. The van der Waals surface area contributed by atoms with Gasteiger partial charge in [-0.25, -0.2) is 0 Å². The fraction of sp³-hybridized carbons (Fsp3) is 0.235. The molecule has 2 aromatic carbocycles. The van der Waals surface area contributed by atoms with Crippen molar-refractivity contribution in [2.75, 3.05) is 5.75 Å². The summed E-state index contributed by atoms with van der Waals surface area (Å²) in [4.78, 5) is 1.29. The highest BCUT2D eigenvalue weighted by Gasteiger charge is 2.21. The van der Waals surface area contributed by atoms with E-state index in [1.54, 1.807) is 0 Å². The minimum atomic E-state index is 0.228.